The molecule has 1 saturated heterocycles. The van der Waals surface area contributed by atoms with Crippen LogP contribution in [-0.2, 0) is 4.79 Å². The van der Waals surface area contributed by atoms with Crippen molar-refractivity contribution in [2.45, 2.75) is 38.7 Å². The van der Waals surface area contributed by atoms with Crippen LogP contribution in [0.4, 0.5) is 4.79 Å². The van der Waals surface area contributed by atoms with Crippen LogP contribution in [0.5, 0.6) is 0 Å². The van der Waals surface area contributed by atoms with Gasteiger partial charge in [-0.25, -0.2) is 4.79 Å². The Morgan fingerprint density at radius 3 is 2.56 bits per heavy atom. The Labute approximate surface area is 107 Å². The number of rotatable bonds is 3. The first-order valence-electron chi connectivity index (χ1n) is 6.34. The van der Waals surface area contributed by atoms with Gasteiger partial charge in [0, 0.05) is 19.6 Å². The van der Waals surface area contributed by atoms with E-state index in [-0.39, 0.29) is 12.6 Å². The van der Waals surface area contributed by atoms with E-state index in [0.29, 0.717) is 32.5 Å². The molecule has 1 unspecified atom stereocenters. The number of amides is 2. The zero-order valence-electron chi connectivity index (χ0n) is 11.1. The highest BCUT2D eigenvalue weighted by molar-refractivity contribution is 5.80. The van der Waals surface area contributed by atoms with E-state index in [9.17, 15) is 14.7 Å². The number of aliphatic hydroxyl groups is 1. The van der Waals surface area contributed by atoms with Crippen molar-refractivity contribution in [2.75, 3.05) is 26.2 Å². The predicted molar refractivity (Wildman–Crippen MR) is 66.3 cm³/mol. The number of hydrogen-bond donors (Lipinski definition) is 2. The molecule has 0 aromatic heterocycles. The summed E-state index contributed by atoms with van der Waals surface area (Å²) in [6.07, 6.45) is 1.94. The fraction of sp³-hybridized carbons (Fsp3) is 0.833. The van der Waals surface area contributed by atoms with Gasteiger partial charge in [-0.2, -0.15) is 0 Å². The van der Waals surface area contributed by atoms with E-state index in [1.165, 1.54) is 4.90 Å². The molecule has 0 spiro atoms. The third kappa shape index (κ3) is 4.18. The molecular formula is C12H22N2O4. The number of nitrogens with zero attached hydrogens (tertiary/aromatic N) is 2. The van der Waals surface area contributed by atoms with E-state index < -0.39 is 11.6 Å². The van der Waals surface area contributed by atoms with Crippen molar-refractivity contribution in [3.05, 3.63) is 0 Å². The Hall–Kier alpha value is -1.30. The van der Waals surface area contributed by atoms with E-state index in [2.05, 4.69) is 0 Å². The standard InChI is InChI=1S/C12H22N2O4/c1-3-13(9-10(15)16)11(17)14-7-4-5-12(2,18)6-8-14/h18H,3-9H2,1-2H3,(H,15,16). The van der Waals surface area contributed by atoms with Gasteiger partial charge < -0.3 is 20.0 Å². The maximum Gasteiger partial charge on any atom is 0.323 e. The van der Waals surface area contributed by atoms with Gasteiger partial charge in [-0.15, -0.1) is 0 Å². The molecule has 0 saturated carbocycles. The van der Waals surface area contributed by atoms with Crippen LogP contribution in [0.15, 0.2) is 0 Å². The molecule has 0 aliphatic carbocycles. The number of likely N-dealkylation sites (N-methyl/N-ethyl adjacent to an activating group) is 1. The molecule has 1 atom stereocenters. The third-order valence-corrected chi connectivity index (χ3v) is 3.31. The number of carboxylic acids is 1. The number of aliphatic carboxylic acids is 1. The summed E-state index contributed by atoms with van der Waals surface area (Å²) in [5, 5.41) is 18.7. The Bertz CT molecular complexity index is 317. The maximum atomic E-state index is 12.1. The molecule has 18 heavy (non-hydrogen) atoms. The van der Waals surface area contributed by atoms with E-state index in [1.807, 2.05) is 0 Å². The Kier molecular flexibility index (Phi) is 4.95. The molecular weight excluding hydrogens is 236 g/mol. The minimum absolute atomic E-state index is 0.252. The second-order valence-corrected chi connectivity index (χ2v) is 5.03. The molecule has 0 aromatic carbocycles. The number of carboxylic acid groups (broad SMARTS) is 1. The summed E-state index contributed by atoms with van der Waals surface area (Å²) in [4.78, 5) is 25.8. The summed E-state index contributed by atoms with van der Waals surface area (Å²) in [5.74, 6) is -1.01. The monoisotopic (exact) mass is 258 g/mol. The van der Waals surface area contributed by atoms with E-state index >= 15 is 0 Å². The molecule has 0 bridgehead atoms. The van der Waals surface area contributed by atoms with Crippen LogP contribution in [0.25, 0.3) is 0 Å². The lowest BCUT2D eigenvalue weighted by Gasteiger charge is -2.28. The second-order valence-electron chi connectivity index (χ2n) is 5.03. The van der Waals surface area contributed by atoms with Crippen LogP contribution in [-0.4, -0.2) is 63.8 Å². The van der Waals surface area contributed by atoms with Crippen molar-refractivity contribution in [3.8, 4) is 0 Å². The lowest BCUT2D eigenvalue weighted by atomic mass is 9.98. The zero-order chi connectivity index (χ0) is 13.8. The van der Waals surface area contributed by atoms with Crippen LogP contribution < -0.4 is 0 Å². The molecule has 0 aromatic rings. The highest BCUT2D eigenvalue weighted by atomic mass is 16.4. The van der Waals surface area contributed by atoms with Gasteiger partial charge in [0.1, 0.15) is 6.54 Å². The molecule has 2 amide bonds. The number of carbonyl (C=O) groups is 2. The van der Waals surface area contributed by atoms with Gasteiger partial charge in [0.2, 0.25) is 0 Å². The van der Waals surface area contributed by atoms with E-state index in [4.69, 9.17) is 5.11 Å². The summed E-state index contributed by atoms with van der Waals surface area (Å²) in [5.41, 5.74) is -0.723. The lowest BCUT2D eigenvalue weighted by molar-refractivity contribution is -0.137. The van der Waals surface area contributed by atoms with Gasteiger partial charge in [-0.3, -0.25) is 4.79 Å². The van der Waals surface area contributed by atoms with Crippen molar-refractivity contribution in [1.82, 2.24) is 9.80 Å². The van der Waals surface area contributed by atoms with Crippen LogP contribution in [0, 0.1) is 0 Å². The summed E-state index contributed by atoms with van der Waals surface area (Å²) < 4.78 is 0. The molecule has 2 N–H and O–H groups in total. The van der Waals surface area contributed by atoms with Gasteiger partial charge in [0.15, 0.2) is 0 Å². The van der Waals surface area contributed by atoms with Crippen molar-refractivity contribution in [2.24, 2.45) is 0 Å². The van der Waals surface area contributed by atoms with Crippen LogP contribution in [0.3, 0.4) is 0 Å². The SMILES string of the molecule is CCN(CC(=O)O)C(=O)N1CCCC(C)(O)CC1. The third-order valence-electron chi connectivity index (χ3n) is 3.31. The van der Waals surface area contributed by atoms with Gasteiger partial charge in [0.05, 0.1) is 5.60 Å². The first kappa shape index (κ1) is 14.8. The topological polar surface area (TPSA) is 81.1 Å². The normalized spacial score (nSPS) is 24.5. The summed E-state index contributed by atoms with van der Waals surface area (Å²) >= 11 is 0. The molecule has 6 heteroatoms. The Balaban J connectivity index is 2.62. The Morgan fingerprint density at radius 1 is 1.33 bits per heavy atom. The maximum absolute atomic E-state index is 12.1. The van der Waals surface area contributed by atoms with Crippen LogP contribution in [0.1, 0.15) is 33.1 Å². The highest BCUT2D eigenvalue weighted by Gasteiger charge is 2.29. The summed E-state index contributed by atoms with van der Waals surface area (Å²) in [7, 11) is 0. The minimum Gasteiger partial charge on any atom is -0.480 e. The average molecular weight is 258 g/mol. The van der Waals surface area contributed by atoms with Crippen LogP contribution >= 0.6 is 0 Å². The fourth-order valence-electron chi connectivity index (χ4n) is 2.13. The highest BCUT2D eigenvalue weighted by Crippen LogP contribution is 2.21. The fourth-order valence-corrected chi connectivity index (χ4v) is 2.13. The lowest BCUT2D eigenvalue weighted by Crippen LogP contribution is -2.45. The second kappa shape index (κ2) is 6.04. The molecule has 1 aliphatic rings. The summed E-state index contributed by atoms with van der Waals surface area (Å²) in [6, 6.07) is -0.252. The number of carbonyl (C=O) groups excluding carboxylic acids is 1. The molecule has 1 aliphatic heterocycles. The smallest absolute Gasteiger partial charge is 0.323 e. The van der Waals surface area contributed by atoms with Gasteiger partial charge in [-0.1, -0.05) is 0 Å². The van der Waals surface area contributed by atoms with E-state index in [1.54, 1.807) is 18.7 Å². The molecule has 0 radical (unpaired) electrons. The minimum atomic E-state index is -1.01. The quantitative estimate of drug-likeness (QED) is 0.782. The van der Waals surface area contributed by atoms with E-state index in [0.717, 1.165) is 6.42 Å². The molecule has 1 fully saturated rings. The Morgan fingerprint density at radius 2 is 2.00 bits per heavy atom. The first-order valence-corrected chi connectivity index (χ1v) is 6.34. The van der Waals surface area contributed by atoms with Crippen LogP contribution in [0.2, 0.25) is 0 Å². The van der Waals surface area contributed by atoms with Gasteiger partial charge in [0.25, 0.3) is 0 Å². The van der Waals surface area contributed by atoms with Crippen molar-refractivity contribution in [1.29, 1.82) is 0 Å². The first-order chi connectivity index (χ1) is 8.35. The molecule has 1 heterocycles. The van der Waals surface area contributed by atoms with Gasteiger partial charge >= 0.3 is 12.0 Å². The van der Waals surface area contributed by atoms with Gasteiger partial charge in [-0.05, 0) is 33.1 Å². The molecule has 6 nitrogen and oxygen atoms in total. The summed E-state index contributed by atoms with van der Waals surface area (Å²) in [6.45, 7) is 4.68. The molecule has 1 rings (SSSR count). The van der Waals surface area contributed by atoms with Crippen molar-refractivity contribution in [3.63, 3.8) is 0 Å². The average Bonchev–Trinajstić information content (AvgIpc) is 2.46. The van der Waals surface area contributed by atoms with Crippen molar-refractivity contribution < 1.29 is 19.8 Å². The largest absolute Gasteiger partial charge is 0.480 e. The zero-order valence-corrected chi connectivity index (χ0v) is 11.1. The number of urea groups is 1. The number of likely N-dealkylation sites (tertiary alicyclic amines) is 1. The number of hydrogen-bond acceptors (Lipinski definition) is 3. The van der Waals surface area contributed by atoms with Crippen molar-refractivity contribution >= 4 is 12.0 Å². The molecule has 104 valence electrons. The predicted octanol–water partition coefficient (Wildman–Crippen LogP) is 0.750.